The number of carbonyl (C=O) groups excluding carboxylic acids is 2. The maximum Gasteiger partial charge on any atom is 0.416 e. The number of nitrogens with zero attached hydrogens (tertiary/aromatic N) is 2. The Kier molecular flexibility index (Phi) is 10.6. The average Bonchev–Trinajstić information content (AvgIpc) is 3.31. The minimum atomic E-state index is -4.43. The number of halogens is 3. The lowest BCUT2D eigenvalue weighted by Gasteiger charge is -2.28. The van der Waals surface area contributed by atoms with Crippen LogP contribution in [0, 0.1) is 0 Å². The number of fused-ring (bicyclic) bond motifs is 1. The number of nitrogens with one attached hydrogen (secondary N) is 2. The smallest absolute Gasteiger partial charge is 0.383 e. The van der Waals surface area contributed by atoms with E-state index in [-0.39, 0.29) is 38.2 Å². The van der Waals surface area contributed by atoms with Gasteiger partial charge in [-0.1, -0.05) is 43.7 Å². The van der Waals surface area contributed by atoms with Crippen LogP contribution in [-0.2, 0) is 28.7 Å². The van der Waals surface area contributed by atoms with E-state index in [1.54, 1.807) is 4.90 Å². The number of rotatable bonds is 13. The van der Waals surface area contributed by atoms with Crippen LogP contribution in [0.15, 0.2) is 54.7 Å². The molecule has 0 saturated carbocycles. The first-order chi connectivity index (χ1) is 18.2. The molecule has 0 aliphatic rings. The second-order valence-corrected chi connectivity index (χ2v) is 9.12. The molecular formula is C28H35F3N4O3. The van der Waals surface area contributed by atoms with Crippen molar-refractivity contribution in [1.29, 1.82) is 0 Å². The van der Waals surface area contributed by atoms with E-state index in [0.717, 1.165) is 41.4 Å². The highest BCUT2D eigenvalue weighted by Crippen LogP contribution is 2.29. The van der Waals surface area contributed by atoms with Crippen LogP contribution in [-0.4, -0.2) is 66.6 Å². The molecule has 2 aromatic carbocycles. The van der Waals surface area contributed by atoms with Crippen molar-refractivity contribution in [1.82, 2.24) is 20.1 Å². The minimum absolute atomic E-state index is 0.120. The third-order valence-corrected chi connectivity index (χ3v) is 6.32. The van der Waals surface area contributed by atoms with Gasteiger partial charge in [0.15, 0.2) is 0 Å². The fourth-order valence-corrected chi connectivity index (χ4v) is 4.11. The fourth-order valence-electron chi connectivity index (χ4n) is 4.11. The Balaban J connectivity index is 1.78. The normalized spacial score (nSPS) is 11.5. The molecule has 2 N–H and O–H groups in total. The van der Waals surface area contributed by atoms with E-state index >= 15 is 0 Å². The van der Waals surface area contributed by atoms with E-state index in [1.165, 1.54) is 24.1 Å². The zero-order valence-corrected chi connectivity index (χ0v) is 21.8. The van der Waals surface area contributed by atoms with Crippen LogP contribution in [0.3, 0.4) is 0 Å². The van der Waals surface area contributed by atoms with Crippen LogP contribution in [0.2, 0.25) is 0 Å². The highest BCUT2D eigenvalue weighted by molar-refractivity contribution is 5.85. The number of aromatic amines is 1. The van der Waals surface area contributed by atoms with Gasteiger partial charge in [0.1, 0.15) is 6.54 Å². The Morgan fingerprint density at radius 1 is 1.03 bits per heavy atom. The number of ether oxygens (including phenoxy) is 1. The van der Waals surface area contributed by atoms with Crippen molar-refractivity contribution < 1.29 is 27.5 Å². The fraction of sp³-hybridized carbons (Fsp3) is 0.429. The number of H-pyrrole nitrogens is 1. The monoisotopic (exact) mass is 532 g/mol. The zero-order valence-electron chi connectivity index (χ0n) is 21.8. The number of benzene rings is 2. The van der Waals surface area contributed by atoms with Gasteiger partial charge < -0.3 is 24.8 Å². The number of amides is 3. The van der Waals surface area contributed by atoms with E-state index < -0.39 is 11.7 Å². The number of hydrogen-bond donors (Lipinski definition) is 2. The van der Waals surface area contributed by atoms with Gasteiger partial charge in [0.05, 0.1) is 12.2 Å². The van der Waals surface area contributed by atoms with Gasteiger partial charge in [-0.25, -0.2) is 4.79 Å². The van der Waals surface area contributed by atoms with Crippen LogP contribution in [0.5, 0.6) is 0 Å². The summed E-state index contributed by atoms with van der Waals surface area (Å²) in [6, 6.07) is 12.3. The Labute approximate surface area is 220 Å². The van der Waals surface area contributed by atoms with Gasteiger partial charge in [-0.3, -0.25) is 4.79 Å². The number of para-hydroxylation sites is 1. The second-order valence-electron chi connectivity index (χ2n) is 9.12. The molecule has 3 rings (SSSR count). The topological polar surface area (TPSA) is 77.7 Å². The Morgan fingerprint density at radius 2 is 1.76 bits per heavy atom. The average molecular weight is 533 g/mol. The third-order valence-electron chi connectivity index (χ3n) is 6.32. The molecule has 0 radical (unpaired) electrons. The van der Waals surface area contributed by atoms with Gasteiger partial charge in [0.25, 0.3) is 0 Å². The highest BCUT2D eigenvalue weighted by Gasteiger charge is 2.30. The third kappa shape index (κ3) is 8.24. The lowest BCUT2D eigenvalue weighted by atomic mass is 10.1. The SMILES string of the molecule is CCCCNC(=O)N(CCOC)CC(=O)N(CCc1c[nH]c2ccccc12)Cc1ccc(C(F)(F)F)cc1. The number of hydrogen-bond acceptors (Lipinski definition) is 3. The number of alkyl halides is 3. The maximum absolute atomic E-state index is 13.5. The van der Waals surface area contributed by atoms with Gasteiger partial charge >= 0.3 is 12.2 Å². The summed E-state index contributed by atoms with van der Waals surface area (Å²) in [6.45, 7) is 3.30. The summed E-state index contributed by atoms with van der Waals surface area (Å²) in [5.41, 5.74) is 1.84. The number of urea groups is 1. The highest BCUT2D eigenvalue weighted by atomic mass is 19.4. The number of carbonyl (C=O) groups is 2. The molecule has 38 heavy (non-hydrogen) atoms. The second kappa shape index (κ2) is 13.9. The van der Waals surface area contributed by atoms with Gasteiger partial charge in [-0.15, -0.1) is 0 Å². The molecule has 0 atom stereocenters. The van der Waals surface area contributed by atoms with Crippen LogP contribution >= 0.6 is 0 Å². The summed E-state index contributed by atoms with van der Waals surface area (Å²) in [4.78, 5) is 32.4. The van der Waals surface area contributed by atoms with Gasteiger partial charge in [0, 0.05) is 50.4 Å². The van der Waals surface area contributed by atoms with Crippen molar-refractivity contribution in [3.63, 3.8) is 0 Å². The molecule has 3 aromatic rings. The van der Waals surface area contributed by atoms with Crippen molar-refractivity contribution in [2.45, 2.75) is 38.9 Å². The summed E-state index contributed by atoms with van der Waals surface area (Å²) in [7, 11) is 1.52. The van der Waals surface area contributed by atoms with E-state index in [4.69, 9.17) is 4.74 Å². The van der Waals surface area contributed by atoms with Crippen molar-refractivity contribution in [3.8, 4) is 0 Å². The molecule has 1 aromatic heterocycles. The summed E-state index contributed by atoms with van der Waals surface area (Å²) < 4.78 is 44.2. The summed E-state index contributed by atoms with van der Waals surface area (Å²) in [6.07, 6.45) is -0.250. The Hall–Kier alpha value is -3.53. The number of unbranched alkanes of at least 4 members (excludes halogenated alkanes) is 1. The summed E-state index contributed by atoms with van der Waals surface area (Å²) in [5, 5.41) is 3.88. The predicted octanol–water partition coefficient (Wildman–Crippen LogP) is 5.22. The zero-order chi connectivity index (χ0) is 27.5. The molecule has 0 aliphatic heterocycles. The molecule has 7 nitrogen and oxygen atoms in total. The molecule has 0 spiro atoms. The largest absolute Gasteiger partial charge is 0.416 e. The van der Waals surface area contributed by atoms with Crippen LogP contribution in [0.25, 0.3) is 10.9 Å². The van der Waals surface area contributed by atoms with Gasteiger partial charge in [-0.05, 0) is 42.2 Å². The van der Waals surface area contributed by atoms with Crippen LogP contribution in [0.1, 0.15) is 36.5 Å². The van der Waals surface area contributed by atoms with Crippen molar-refractivity contribution in [2.75, 3.05) is 39.9 Å². The molecule has 206 valence electrons. The van der Waals surface area contributed by atoms with Gasteiger partial charge in [-0.2, -0.15) is 13.2 Å². The van der Waals surface area contributed by atoms with Crippen LogP contribution in [0.4, 0.5) is 18.0 Å². The Bertz CT molecular complexity index is 1180. The molecule has 0 unspecified atom stereocenters. The molecule has 0 fully saturated rings. The first-order valence-corrected chi connectivity index (χ1v) is 12.7. The molecule has 0 bridgehead atoms. The van der Waals surface area contributed by atoms with Crippen LogP contribution < -0.4 is 5.32 Å². The van der Waals surface area contributed by atoms with Crippen molar-refractivity contribution in [3.05, 3.63) is 71.4 Å². The van der Waals surface area contributed by atoms with E-state index in [9.17, 15) is 22.8 Å². The molecule has 0 aliphatic carbocycles. The summed E-state index contributed by atoms with van der Waals surface area (Å²) >= 11 is 0. The number of methoxy groups -OCH3 is 1. The molecule has 1 heterocycles. The molecule has 0 saturated heterocycles. The van der Waals surface area contributed by atoms with Crippen molar-refractivity contribution in [2.24, 2.45) is 0 Å². The lowest BCUT2D eigenvalue weighted by molar-refractivity contribution is -0.137. The molecule has 10 heteroatoms. The maximum atomic E-state index is 13.5. The minimum Gasteiger partial charge on any atom is -0.383 e. The van der Waals surface area contributed by atoms with Gasteiger partial charge in [0.2, 0.25) is 5.91 Å². The molecular weight excluding hydrogens is 497 g/mol. The van der Waals surface area contributed by atoms with Crippen molar-refractivity contribution >= 4 is 22.8 Å². The van der Waals surface area contributed by atoms with E-state index in [1.807, 2.05) is 37.4 Å². The molecule has 3 amide bonds. The van der Waals surface area contributed by atoms with E-state index in [2.05, 4.69) is 10.3 Å². The first-order valence-electron chi connectivity index (χ1n) is 12.7. The number of aromatic nitrogens is 1. The predicted molar refractivity (Wildman–Crippen MR) is 141 cm³/mol. The standard InChI is InChI=1S/C28H35F3N4O3/c1-3-4-14-32-27(37)35(16-17-38-2)20-26(36)34(19-21-9-11-23(12-10-21)28(29,30)31)15-13-22-18-33-25-8-6-5-7-24(22)25/h5-12,18,33H,3-4,13-17,19-20H2,1-2H3,(H,32,37). The first kappa shape index (κ1) is 29.0. The lowest BCUT2D eigenvalue weighted by Crippen LogP contribution is -2.48. The quantitative estimate of drug-likeness (QED) is 0.297. The Morgan fingerprint density at radius 3 is 2.45 bits per heavy atom. The van der Waals surface area contributed by atoms with E-state index in [0.29, 0.717) is 25.1 Å². The summed E-state index contributed by atoms with van der Waals surface area (Å²) in [5.74, 6) is -0.300.